The molecule has 0 aliphatic heterocycles. The van der Waals surface area contributed by atoms with Gasteiger partial charge in [-0.2, -0.15) is 0 Å². The van der Waals surface area contributed by atoms with Crippen LogP contribution in [0.2, 0.25) is 5.02 Å². The summed E-state index contributed by atoms with van der Waals surface area (Å²) in [6.45, 7) is 5.34. The van der Waals surface area contributed by atoms with E-state index >= 15 is 0 Å². The molecule has 0 unspecified atom stereocenters. The molecule has 0 saturated heterocycles. The molecule has 1 aliphatic carbocycles. The second-order valence-corrected chi connectivity index (χ2v) is 10.3. The summed E-state index contributed by atoms with van der Waals surface area (Å²) in [5, 5.41) is 12.3. The zero-order valence-electron chi connectivity index (χ0n) is 20.8. The Bertz CT molecular complexity index is 1300. The van der Waals surface area contributed by atoms with Crippen LogP contribution in [0.25, 0.3) is 11.1 Å². The van der Waals surface area contributed by atoms with Crippen LogP contribution in [0.3, 0.4) is 0 Å². The van der Waals surface area contributed by atoms with Gasteiger partial charge in [-0.25, -0.2) is 14.4 Å². The van der Waals surface area contributed by atoms with E-state index in [4.69, 9.17) is 21.1 Å². The number of alkyl carbamates (subject to hydrolysis) is 1. The smallest absolute Gasteiger partial charge is 0.407 e. The zero-order chi connectivity index (χ0) is 26.7. The molecule has 192 valence electrons. The molecule has 2 N–H and O–H groups in total. The molecule has 3 aromatic rings. The van der Waals surface area contributed by atoms with Crippen molar-refractivity contribution in [3.63, 3.8) is 0 Å². The first-order chi connectivity index (χ1) is 17.5. The number of carboxylic acid groups (broad SMARTS) is 1. The third kappa shape index (κ3) is 6.12. The molecule has 3 aromatic carbocycles. The molecule has 0 heterocycles. The summed E-state index contributed by atoms with van der Waals surface area (Å²) in [4.78, 5) is 36.8. The average Bonchev–Trinajstić information content (AvgIpc) is 3.16. The van der Waals surface area contributed by atoms with Gasteiger partial charge in [-0.05, 0) is 60.7 Å². The number of nitrogens with one attached hydrogen (secondary N) is 1. The first-order valence-electron chi connectivity index (χ1n) is 11.9. The van der Waals surface area contributed by atoms with E-state index < -0.39 is 29.7 Å². The van der Waals surface area contributed by atoms with Crippen LogP contribution < -0.4 is 5.32 Å². The predicted octanol–water partition coefficient (Wildman–Crippen LogP) is 5.83. The number of carboxylic acids is 1. The third-order valence-electron chi connectivity index (χ3n) is 6.05. The molecule has 0 aromatic heterocycles. The lowest BCUT2D eigenvalue weighted by atomic mass is 9.98. The Kier molecular flexibility index (Phi) is 7.55. The summed E-state index contributed by atoms with van der Waals surface area (Å²) in [6, 6.07) is 19.1. The van der Waals surface area contributed by atoms with Gasteiger partial charge < -0.3 is 19.9 Å². The van der Waals surface area contributed by atoms with E-state index in [2.05, 4.69) is 5.32 Å². The van der Waals surface area contributed by atoms with Crippen LogP contribution in [0, 0.1) is 0 Å². The maximum atomic E-state index is 12.6. The number of rotatable bonds is 7. The van der Waals surface area contributed by atoms with Crippen molar-refractivity contribution in [3.05, 3.63) is 94.0 Å². The minimum atomic E-state index is -1.28. The summed E-state index contributed by atoms with van der Waals surface area (Å²) >= 11 is 6.33. The van der Waals surface area contributed by atoms with Crippen LogP contribution >= 0.6 is 11.6 Å². The lowest BCUT2D eigenvalue weighted by molar-refractivity contribution is -0.139. The number of hydrogen-bond donors (Lipinski definition) is 2. The standard InChI is InChI=1S/C29H28ClNO6/c1-29(2,3)37-27(34)18-13-12-17(24(30)14-18)15-25(26(32)33)31-28(35)36-16-23-21-10-6-4-8-19(21)20-9-5-7-11-22(20)23/h4-14,23,25H,15-16H2,1-3H3,(H,31,35)(H,32,33)/t25-/m0/s1. The first-order valence-corrected chi connectivity index (χ1v) is 12.3. The van der Waals surface area contributed by atoms with Crippen LogP contribution in [0.4, 0.5) is 4.79 Å². The molecule has 8 heteroatoms. The monoisotopic (exact) mass is 521 g/mol. The summed E-state index contributed by atoms with van der Waals surface area (Å²) in [6.07, 6.45) is -0.928. The molecule has 7 nitrogen and oxygen atoms in total. The summed E-state index contributed by atoms with van der Waals surface area (Å²) in [5.41, 5.74) is 4.36. The molecule has 1 aliphatic rings. The highest BCUT2D eigenvalue weighted by molar-refractivity contribution is 6.31. The van der Waals surface area contributed by atoms with Crippen molar-refractivity contribution >= 4 is 29.6 Å². The minimum Gasteiger partial charge on any atom is -0.480 e. The Morgan fingerprint density at radius 1 is 0.973 bits per heavy atom. The summed E-state index contributed by atoms with van der Waals surface area (Å²) < 4.78 is 10.8. The van der Waals surface area contributed by atoms with Gasteiger partial charge in [0.05, 0.1) is 5.56 Å². The van der Waals surface area contributed by atoms with Gasteiger partial charge in [-0.1, -0.05) is 66.2 Å². The van der Waals surface area contributed by atoms with Crippen LogP contribution in [-0.4, -0.2) is 41.4 Å². The van der Waals surface area contributed by atoms with E-state index in [1.807, 2.05) is 48.5 Å². The second-order valence-electron chi connectivity index (χ2n) is 9.87. The van der Waals surface area contributed by atoms with Crippen molar-refractivity contribution < 1.29 is 29.0 Å². The molecule has 37 heavy (non-hydrogen) atoms. The number of carbonyl (C=O) groups excluding carboxylic acids is 2. The van der Waals surface area contributed by atoms with E-state index in [9.17, 15) is 19.5 Å². The molecular weight excluding hydrogens is 494 g/mol. The molecule has 4 rings (SSSR count). The largest absolute Gasteiger partial charge is 0.480 e. The number of amides is 1. The van der Waals surface area contributed by atoms with Crippen LogP contribution in [0.1, 0.15) is 53.7 Å². The number of ether oxygens (including phenoxy) is 2. The van der Waals surface area contributed by atoms with Gasteiger partial charge in [0.1, 0.15) is 18.2 Å². The minimum absolute atomic E-state index is 0.0670. The fraction of sp³-hybridized carbons (Fsp3) is 0.276. The summed E-state index contributed by atoms with van der Waals surface area (Å²) in [7, 11) is 0. The van der Waals surface area contributed by atoms with Gasteiger partial charge >= 0.3 is 18.0 Å². The molecular formula is C29H28ClNO6. The number of carbonyl (C=O) groups is 3. The number of aliphatic carboxylic acids is 1. The Hall–Kier alpha value is -3.84. The van der Waals surface area contributed by atoms with Crippen molar-refractivity contribution in [2.24, 2.45) is 0 Å². The van der Waals surface area contributed by atoms with Crippen molar-refractivity contribution in [1.82, 2.24) is 5.32 Å². The van der Waals surface area contributed by atoms with Gasteiger partial charge in [0.2, 0.25) is 0 Å². The Balaban J connectivity index is 1.41. The lowest BCUT2D eigenvalue weighted by Gasteiger charge is -2.20. The number of hydrogen-bond acceptors (Lipinski definition) is 5. The zero-order valence-corrected chi connectivity index (χ0v) is 21.5. The predicted molar refractivity (Wildman–Crippen MR) is 140 cm³/mol. The number of benzene rings is 3. The van der Waals surface area contributed by atoms with Gasteiger partial charge in [-0.15, -0.1) is 0 Å². The topological polar surface area (TPSA) is 102 Å². The molecule has 0 bridgehead atoms. The fourth-order valence-corrected chi connectivity index (χ4v) is 4.64. The fourth-order valence-electron chi connectivity index (χ4n) is 4.38. The van der Waals surface area contributed by atoms with E-state index in [-0.39, 0.29) is 29.5 Å². The molecule has 0 fully saturated rings. The van der Waals surface area contributed by atoms with Crippen LogP contribution in [0.15, 0.2) is 66.7 Å². The Labute approximate surface area is 220 Å². The molecule has 0 spiro atoms. The van der Waals surface area contributed by atoms with Gasteiger partial charge in [-0.3, -0.25) is 0 Å². The van der Waals surface area contributed by atoms with Crippen molar-refractivity contribution in [2.75, 3.05) is 6.61 Å². The van der Waals surface area contributed by atoms with Gasteiger partial charge in [0.15, 0.2) is 0 Å². The molecule has 1 amide bonds. The first kappa shape index (κ1) is 26.2. The molecule has 0 radical (unpaired) electrons. The molecule has 1 atom stereocenters. The van der Waals surface area contributed by atoms with Crippen molar-refractivity contribution in [2.45, 2.75) is 44.8 Å². The van der Waals surface area contributed by atoms with Crippen molar-refractivity contribution in [1.29, 1.82) is 0 Å². The normalized spacial score (nSPS) is 13.3. The van der Waals surface area contributed by atoms with Gasteiger partial charge in [0.25, 0.3) is 0 Å². The second kappa shape index (κ2) is 10.6. The van der Waals surface area contributed by atoms with E-state index in [0.717, 1.165) is 22.3 Å². The van der Waals surface area contributed by atoms with E-state index in [1.54, 1.807) is 26.8 Å². The van der Waals surface area contributed by atoms with Gasteiger partial charge in [0, 0.05) is 17.4 Å². The SMILES string of the molecule is CC(C)(C)OC(=O)c1ccc(C[C@H](NC(=O)OCC2c3ccccc3-c3ccccc32)C(=O)O)c(Cl)c1. The Morgan fingerprint density at radius 3 is 2.11 bits per heavy atom. The number of halogens is 1. The van der Waals surface area contributed by atoms with Crippen LogP contribution in [-0.2, 0) is 20.7 Å². The highest BCUT2D eigenvalue weighted by atomic mass is 35.5. The number of esters is 1. The Morgan fingerprint density at radius 2 is 1.57 bits per heavy atom. The lowest BCUT2D eigenvalue weighted by Crippen LogP contribution is -2.43. The summed E-state index contributed by atoms with van der Waals surface area (Å²) in [5.74, 6) is -1.91. The van der Waals surface area contributed by atoms with Crippen molar-refractivity contribution in [3.8, 4) is 11.1 Å². The third-order valence-corrected chi connectivity index (χ3v) is 6.40. The van der Waals surface area contributed by atoms with E-state index in [0.29, 0.717) is 5.56 Å². The highest BCUT2D eigenvalue weighted by Gasteiger charge is 2.30. The quantitative estimate of drug-likeness (QED) is 0.379. The van der Waals surface area contributed by atoms with E-state index in [1.165, 1.54) is 12.1 Å². The van der Waals surface area contributed by atoms with Crippen LogP contribution in [0.5, 0.6) is 0 Å². The molecule has 0 saturated carbocycles. The maximum Gasteiger partial charge on any atom is 0.407 e. The maximum absolute atomic E-state index is 12.6. The number of fused-ring (bicyclic) bond motifs is 3. The average molecular weight is 522 g/mol. The highest BCUT2D eigenvalue weighted by Crippen LogP contribution is 2.44.